The van der Waals surface area contributed by atoms with Crippen LogP contribution in [0.3, 0.4) is 0 Å². The lowest BCUT2D eigenvalue weighted by Crippen LogP contribution is -2.17. The van der Waals surface area contributed by atoms with Crippen molar-refractivity contribution in [1.82, 2.24) is 5.32 Å². The van der Waals surface area contributed by atoms with E-state index in [9.17, 15) is 0 Å². The number of hydrogen-bond acceptors (Lipinski definition) is 4. The van der Waals surface area contributed by atoms with E-state index in [1.807, 2.05) is 18.5 Å². The first-order valence-corrected chi connectivity index (χ1v) is 7.01. The standard InChI is InChI=1S/C15H19NO2S/c1-10-5-6-13(18-4)12(7-10)15(16-2)14-8-11(17-3)9-19-14/h5-9,15-16H,1-4H3. The molecule has 102 valence electrons. The lowest BCUT2D eigenvalue weighted by Gasteiger charge is -2.18. The molecule has 1 aromatic carbocycles. The molecule has 2 aromatic rings. The van der Waals surface area contributed by atoms with Crippen LogP contribution in [-0.4, -0.2) is 21.3 Å². The van der Waals surface area contributed by atoms with Crippen LogP contribution in [0.2, 0.25) is 0 Å². The predicted octanol–water partition coefficient (Wildman–Crippen LogP) is 3.38. The smallest absolute Gasteiger partial charge is 0.129 e. The first-order valence-electron chi connectivity index (χ1n) is 6.13. The minimum Gasteiger partial charge on any atom is -0.496 e. The molecule has 1 aromatic heterocycles. The van der Waals surface area contributed by atoms with E-state index in [4.69, 9.17) is 9.47 Å². The average molecular weight is 277 g/mol. The second kappa shape index (κ2) is 6.08. The highest BCUT2D eigenvalue weighted by molar-refractivity contribution is 7.10. The van der Waals surface area contributed by atoms with Crippen LogP contribution < -0.4 is 14.8 Å². The lowest BCUT2D eigenvalue weighted by atomic mass is 10.0. The molecule has 1 atom stereocenters. The van der Waals surface area contributed by atoms with Crippen molar-refractivity contribution in [3.05, 3.63) is 45.6 Å². The van der Waals surface area contributed by atoms with Gasteiger partial charge in [-0.3, -0.25) is 0 Å². The van der Waals surface area contributed by atoms with Crippen LogP contribution in [0.25, 0.3) is 0 Å². The van der Waals surface area contributed by atoms with Crippen molar-refractivity contribution in [3.8, 4) is 11.5 Å². The van der Waals surface area contributed by atoms with Gasteiger partial charge in [-0.2, -0.15) is 0 Å². The van der Waals surface area contributed by atoms with Gasteiger partial charge >= 0.3 is 0 Å². The minimum absolute atomic E-state index is 0.115. The van der Waals surface area contributed by atoms with E-state index in [1.165, 1.54) is 10.4 Å². The number of aryl methyl sites for hydroxylation is 1. The third kappa shape index (κ3) is 2.91. The Balaban J connectivity index is 2.43. The van der Waals surface area contributed by atoms with Crippen LogP contribution in [0.15, 0.2) is 29.6 Å². The van der Waals surface area contributed by atoms with E-state index >= 15 is 0 Å². The third-order valence-electron chi connectivity index (χ3n) is 3.10. The van der Waals surface area contributed by atoms with Crippen molar-refractivity contribution in [2.75, 3.05) is 21.3 Å². The zero-order valence-corrected chi connectivity index (χ0v) is 12.5. The monoisotopic (exact) mass is 277 g/mol. The lowest BCUT2D eigenvalue weighted by molar-refractivity contribution is 0.405. The summed E-state index contributed by atoms with van der Waals surface area (Å²) in [6.07, 6.45) is 0. The van der Waals surface area contributed by atoms with Gasteiger partial charge in [0.25, 0.3) is 0 Å². The van der Waals surface area contributed by atoms with Crippen LogP contribution in [0.4, 0.5) is 0 Å². The minimum atomic E-state index is 0.115. The second-order valence-electron chi connectivity index (χ2n) is 4.36. The summed E-state index contributed by atoms with van der Waals surface area (Å²) in [5.74, 6) is 1.80. The normalized spacial score (nSPS) is 12.2. The molecule has 0 bridgehead atoms. The number of benzene rings is 1. The number of thiophene rings is 1. The molecule has 0 saturated heterocycles. The van der Waals surface area contributed by atoms with Gasteiger partial charge in [0.15, 0.2) is 0 Å². The van der Waals surface area contributed by atoms with Gasteiger partial charge in [0.2, 0.25) is 0 Å². The molecule has 19 heavy (non-hydrogen) atoms. The number of nitrogens with one attached hydrogen (secondary N) is 1. The van der Waals surface area contributed by atoms with Gasteiger partial charge < -0.3 is 14.8 Å². The number of hydrogen-bond donors (Lipinski definition) is 1. The SMILES string of the molecule is CNC(c1cc(OC)cs1)c1cc(C)ccc1OC. The van der Waals surface area contributed by atoms with Gasteiger partial charge in [-0.1, -0.05) is 17.7 Å². The molecule has 0 amide bonds. The van der Waals surface area contributed by atoms with E-state index < -0.39 is 0 Å². The summed E-state index contributed by atoms with van der Waals surface area (Å²) < 4.78 is 10.7. The van der Waals surface area contributed by atoms with Gasteiger partial charge in [-0.05, 0) is 26.1 Å². The summed E-state index contributed by atoms with van der Waals surface area (Å²) in [5.41, 5.74) is 2.37. The Labute approximate surface area is 118 Å². The molecule has 2 rings (SSSR count). The molecule has 1 N–H and O–H groups in total. The zero-order valence-electron chi connectivity index (χ0n) is 11.7. The van der Waals surface area contributed by atoms with Crippen LogP contribution >= 0.6 is 11.3 Å². The Morgan fingerprint density at radius 3 is 2.53 bits per heavy atom. The number of methoxy groups -OCH3 is 2. The van der Waals surface area contributed by atoms with Crippen LogP contribution in [0.1, 0.15) is 22.0 Å². The number of rotatable bonds is 5. The Bertz CT molecular complexity index is 551. The highest BCUT2D eigenvalue weighted by Gasteiger charge is 2.18. The Kier molecular flexibility index (Phi) is 4.45. The molecule has 0 radical (unpaired) electrons. The van der Waals surface area contributed by atoms with E-state index in [-0.39, 0.29) is 6.04 Å². The molecule has 1 unspecified atom stereocenters. The summed E-state index contributed by atoms with van der Waals surface area (Å²) >= 11 is 1.68. The molecule has 3 nitrogen and oxygen atoms in total. The maximum absolute atomic E-state index is 5.47. The summed E-state index contributed by atoms with van der Waals surface area (Å²) in [4.78, 5) is 1.21. The first kappa shape index (κ1) is 13.9. The molecular weight excluding hydrogens is 258 g/mol. The fourth-order valence-electron chi connectivity index (χ4n) is 2.12. The van der Waals surface area contributed by atoms with E-state index in [0.717, 1.165) is 17.1 Å². The summed E-state index contributed by atoms with van der Waals surface area (Å²) in [5, 5.41) is 5.36. The highest BCUT2D eigenvalue weighted by atomic mass is 32.1. The third-order valence-corrected chi connectivity index (χ3v) is 4.08. The first-order chi connectivity index (χ1) is 9.19. The van der Waals surface area contributed by atoms with E-state index in [0.29, 0.717) is 0 Å². The topological polar surface area (TPSA) is 30.5 Å². The Morgan fingerprint density at radius 1 is 1.16 bits per heavy atom. The van der Waals surface area contributed by atoms with Crippen LogP contribution in [0.5, 0.6) is 11.5 Å². The Morgan fingerprint density at radius 2 is 1.95 bits per heavy atom. The van der Waals surface area contributed by atoms with Crippen molar-refractivity contribution in [1.29, 1.82) is 0 Å². The van der Waals surface area contributed by atoms with Gasteiger partial charge in [-0.25, -0.2) is 0 Å². The van der Waals surface area contributed by atoms with Gasteiger partial charge in [0, 0.05) is 15.8 Å². The summed E-state index contributed by atoms with van der Waals surface area (Å²) in [7, 11) is 5.35. The largest absolute Gasteiger partial charge is 0.496 e. The number of ether oxygens (including phenoxy) is 2. The van der Waals surface area contributed by atoms with Crippen molar-refractivity contribution in [2.24, 2.45) is 0 Å². The quantitative estimate of drug-likeness (QED) is 0.909. The molecular formula is C15H19NO2S. The predicted molar refractivity (Wildman–Crippen MR) is 79.5 cm³/mol. The maximum Gasteiger partial charge on any atom is 0.129 e. The van der Waals surface area contributed by atoms with E-state index in [2.05, 4.69) is 30.4 Å². The van der Waals surface area contributed by atoms with Crippen LogP contribution in [0, 0.1) is 6.92 Å². The van der Waals surface area contributed by atoms with Crippen molar-refractivity contribution >= 4 is 11.3 Å². The molecule has 0 spiro atoms. The molecule has 0 aliphatic carbocycles. The Hall–Kier alpha value is -1.52. The van der Waals surface area contributed by atoms with E-state index in [1.54, 1.807) is 25.6 Å². The van der Waals surface area contributed by atoms with Crippen molar-refractivity contribution in [3.63, 3.8) is 0 Å². The second-order valence-corrected chi connectivity index (χ2v) is 5.30. The molecule has 0 aliphatic heterocycles. The highest BCUT2D eigenvalue weighted by Crippen LogP contribution is 2.35. The summed E-state index contributed by atoms with van der Waals surface area (Å²) in [6.45, 7) is 2.09. The van der Waals surface area contributed by atoms with Crippen molar-refractivity contribution < 1.29 is 9.47 Å². The molecule has 0 saturated carbocycles. The van der Waals surface area contributed by atoms with Gasteiger partial charge in [-0.15, -0.1) is 11.3 Å². The van der Waals surface area contributed by atoms with Gasteiger partial charge in [0.05, 0.1) is 20.3 Å². The van der Waals surface area contributed by atoms with Crippen LogP contribution in [-0.2, 0) is 0 Å². The zero-order chi connectivity index (χ0) is 13.8. The average Bonchev–Trinajstić information content (AvgIpc) is 2.89. The maximum atomic E-state index is 5.47. The van der Waals surface area contributed by atoms with Gasteiger partial charge in [0.1, 0.15) is 11.5 Å². The molecule has 1 heterocycles. The fraction of sp³-hybridized carbons (Fsp3) is 0.333. The van der Waals surface area contributed by atoms with Crippen molar-refractivity contribution in [2.45, 2.75) is 13.0 Å². The fourth-order valence-corrected chi connectivity index (χ4v) is 3.10. The molecule has 0 fully saturated rings. The molecule has 0 aliphatic rings. The molecule has 4 heteroatoms. The summed E-state index contributed by atoms with van der Waals surface area (Å²) in [6, 6.07) is 8.41.